The lowest BCUT2D eigenvalue weighted by Gasteiger charge is -2.30. The first-order valence-electron chi connectivity index (χ1n) is 7.59. The van der Waals surface area contributed by atoms with Crippen LogP contribution in [0.2, 0.25) is 0 Å². The van der Waals surface area contributed by atoms with Crippen LogP contribution in [0.25, 0.3) is 0 Å². The van der Waals surface area contributed by atoms with Crippen LogP contribution in [-0.2, 0) is 16.1 Å². The molecule has 0 atom stereocenters. The number of amides is 1. The van der Waals surface area contributed by atoms with Gasteiger partial charge in [0, 0.05) is 12.4 Å². The Balaban J connectivity index is 2.90. The molecule has 0 bridgehead atoms. The van der Waals surface area contributed by atoms with Gasteiger partial charge in [-0.25, -0.2) is 9.78 Å². The van der Waals surface area contributed by atoms with Crippen LogP contribution >= 0.6 is 11.6 Å². The molecule has 0 saturated heterocycles. The molecule has 0 radical (unpaired) electrons. The number of carbonyl (C=O) groups is 2. The van der Waals surface area contributed by atoms with Crippen molar-refractivity contribution >= 4 is 23.5 Å². The lowest BCUT2D eigenvalue weighted by atomic mass is 9.94. The third-order valence-corrected chi connectivity index (χ3v) is 4.12. The summed E-state index contributed by atoms with van der Waals surface area (Å²) < 4.78 is 9.88. The predicted molar refractivity (Wildman–Crippen MR) is 87.2 cm³/mol. The van der Waals surface area contributed by atoms with E-state index in [0.717, 1.165) is 6.42 Å². The highest BCUT2D eigenvalue weighted by molar-refractivity contribution is 6.19. The number of halogens is 1. The number of rotatable bonds is 8. The van der Waals surface area contributed by atoms with E-state index >= 15 is 0 Å². The van der Waals surface area contributed by atoms with Crippen LogP contribution in [0, 0.1) is 11.3 Å². The van der Waals surface area contributed by atoms with Gasteiger partial charge in [-0.1, -0.05) is 13.8 Å². The van der Waals surface area contributed by atoms with Gasteiger partial charge in [0.15, 0.2) is 5.69 Å². The molecule has 0 spiro atoms. The van der Waals surface area contributed by atoms with Crippen LogP contribution in [0.1, 0.15) is 50.5 Å². The summed E-state index contributed by atoms with van der Waals surface area (Å²) in [5.41, 5.74) is -0.577. The van der Waals surface area contributed by atoms with Crippen molar-refractivity contribution in [3.63, 3.8) is 0 Å². The molecular weight excluding hydrogens is 320 g/mol. The van der Waals surface area contributed by atoms with Gasteiger partial charge in [0.2, 0.25) is 11.8 Å². The van der Waals surface area contributed by atoms with Crippen molar-refractivity contribution in [2.45, 2.75) is 40.7 Å². The number of methoxy groups -OCH3 is 1. The minimum absolute atomic E-state index is 0.0639. The molecule has 7 heteroatoms. The van der Waals surface area contributed by atoms with E-state index in [-0.39, 0.29) is 24.0 Å². The second-order valence-electron chi connectivity index (χ2n) is 6.54. The summed E-state index contributed by atoms with van der Waals surface area (Å²) in [4.78, 5) is 29.9. The molecule has 1 aromatic rings. The van der Waals surface area contributed by atoms with E-state index in [0.29, 0.717) is 18.4 Å². The normalized spacial score (nSPS) is 11.6. The number of ether oxygens (including phenoxy) is 1. The number of hydrogen-bond acceptors (Lipinski definition) is 5. The van der Waals surface area contributed by atoms with E-state index in [9.17, 15) is 9.59 Å². The maximum atomic E-state index is 12.7. The van der Waals surface area contributed by atoms with Gasteiger partial charge in [-0.05, 0) is 26.2 Å². The van der Waals surface area contributed by atoms with Crippen molar-refractivity contribution in [1.82, 2.24) is 9.88 Å². The minimum Gasteiger partial charge on any atom is -0.464 e. The fourth-order valence-corrected chi connectivity index (χ4v) is 2.01. The Morgan fingerprint density at radius 2 is 2.09 bits per heavy atom. The zero-order valence-corrected chi connectivity index (χ0v) is 15.1. The maximum absolute atomic E-state index is 12.7. The molecule has 1 rings (SSSR count). The summed E-state index contributed by atoms with van der Waals surface area (Å²) >= 11 is 5.91. The van der Waals surface area contributed by atoms with E-state index in [4.69, 9.17) is 16.0 Å². The number of carbonyl (C=O) groups excluding carboxylic acids is 2. The molecule has 1 aromatic heterocycles. The molecule has 0 unspecified atom stereocenters. The minimum atomic E-state index is -0.670. The fourth-order valence-electron chi connectivity index (χ4n) is 1.90. The Morgan fingerprint density at radius 1 is 1.43 bits per heavy atom. The Bertz CT molecular complexity index is 540. The summed E-state index contributed by atoms with van der Waals surface area (Å²) in [6, 6.07) is 0. The molecular formula is C16H25ClN2O4. The molecule has 130 valence electrons. The van der Waals surface area contributed by atoms with E-state index in [1.165, 1.54) is 13.4 Å². The first kappa shape index (κ1) is 19.5. The first-order valence-corrected chi connectivity index (χ1v) is 8.12. The van der Waals surface area contributed by atoms with Crippen LogP contribution < -0.4 is 0 Å². The van der Waals surface area contributed by atoms with Gasteiger partial charge in [0.05, 0.1) is 19.1 Å². The molecule has 0 aliphatic heterocycles. The number of oxazole rings is 1. The standard InChI is InChI=1S/C16H25ClN2O4/c1-11(2)6-7-19(15(21)16(3,4)10-17)8-13-18-12(9-23-13)14(20)22-5/h9,11H,6-8,10H2,1-5H3. The van der Waals surface area contributed by atoms with Crippen LogP contribution in [0.15, 0.2) is 10.7 Å². The average Bonchev–Trinajstić information content (AvgIpc) is 2.98. The van der Waals surface area contributed by atoms with Crippen molar-refractivity contribution in [1.29, 1.82) is 0 Å². The highest BCUT2D eigenvalue weighted by Crippen LogP contribution is 2.23. The molecule has 0 N–H and O–H groups in total. The van der Waals surface area contributed by atoms with Crippen molar-refractivity contribution < 1.29 is 18.7 Å². The molecule has 0 fully saturated rings. The van der Waals surface area contributed by atoms with Gasteiger partial charge in [0.25, 0.3) is 0 Å². The Hall–Kier alpha value is -1.56. The lowest BCUT2D eigenvalue weighted by molar-refractivity contribution is -0.140. The highest BCUT2D eigenvalue weighted by Gasteiger charge is 2.32. The van der Waals surface area contributed by atoms with Crippen LogP contribution in [0.4, 0.5) is 0 Å². The second kappa shape index (κ2) is 8.34. The van der Waals surface area contributed by atoms with Crippen LogP contribution in [0.3, 0.4) is 0 Å². The van der Waals surface area contributed by atoms with Gasteiger partial charge < -0.3 is 14.1 Å². The zero-order valence-electron chi connectivity index (χ0n) is 14.4. The summed E-state index contributed by atoms with van der Waals surface area (Å²) in [6.45, 7) is 8.57. The van der Waals surface area contributed by atoms with Gasteiger partial charge in [0.1, 0.15) is 6.26 Å². The Kier molecular flexibility index (Phi) is 7.06. The smallest absolute Gasteiger partial charge is 0.360 e. The number of esters is 1. The molecule has 0 aliphatic rings. The van der Waals surface area contributed by atoms with Crippen molar-refractivity contribution in [3.05, 3.63) is 17.8 Å². The van der Waals surface area contributed by atoms with Crippen molar-refractivity contribution in [3.8, 4) is 0 Å². The van der Waals surface area contributed by atoms with Crippen molar-refractivity contribution in [2.24, 2.45) is 11.3 Å². The summed E-state index contributed by atoms with van der Waals surface area (Å²) in [6.07, 6.45) is 2.09. The van der Waals surface area contributed by atoms with Crippen LogP contribution in [0.5, 0.6) is 0 Å². The molecule has 6 nitrogen and oxygen atoms in total. The molecule has 1 amide bonds. The van der Waals surface area contributed by atoms with E-state index in [1.807, 2.05) is 0 Å². The summed E-state index contributed by atoms with van der Waals surface area (Å²) in [5.74, 6) is 0.350. The summed E-state index contributed by atoms with van der Waals surface area (Å²) in [7, 11) is 1.28. The van der Waals surface area contributed by atoms with Crippen LogP contribution in [-0.4, -0.2) is 41.3 Å². The van der Waals surface area contributed by atoms with Gasteiger partial charge in [-0.2, -0.15) is 0 Å². The predicted octanol–water partition coefficient (Wildman–Crippen LogP) is 3.10. The molecule has 23 heavy (non-hydrogen) atoms. The topological polar surface area (TPSA) is 72.6 Å². The highest BCUT2D eigenvalue weighted by atomic mass is 35.5. The molecule has 0 aromatic carbocycles. The number of alkyl halides is 1. The number of hydrogen-bond donors (Lipinski definition) is 0. The van der Waals surface area contributed by atoms with E-state index in [2.05, 4.69) is 23.6 Å². The van der Waals surface area contributed by atoms with Gasteiger partial charge in [-0.15, -0.1) is 11.6 Å². The second-order valence-corrected chi connectivity index (χ2v) is 6.81. The average molecular weight is 345 g/mol. The summed E-state index contributed by atoms with van der Waals surface area (Å²) in [5, 5.41) is 0. The Morgan fingerprint density at radius 3 is 2.61 bits per heavy atom. The van der Waals surface area contributed by atoms with E-state index < -0.39 is 11.4 Å². The fraction of sp³-hybridized carbons (Fsp3) is 0.688. The quantitative estimate of drug-likeness (QED) is 0.535. The SMILES string of the molecule is COC(=O)c1coc(CN(CCC(C)C)C(=O)C(C)(C)CCl)n1. The zero-order chi connectivity index (χ0) is 17.6. The molecule has 0 saturated carbocycles. The van der Waals surface area contributed by atoms with Gasteiger partial charge in [-0.3, -0.25) is 4.79 Å². The van der Waals surface area contributed by atoms with Gasteiger partial charge >= 0.3 is 5.97 Å². The first-order chi connectivity index (χ1) is 10.7. The molecule has 1 heterocycles. The lowest BCUT2D eigenvalue weighted by Crippen LogP contribution is -2.42. The van der Waals surface area contributed by atoms with E-state index in [1.54, 1.807) is 18.7 Å². The van der Waals surface area contributed by atoms with Crippen molar-refractivity contribution in [2.75, 3.05) is 19.5 Å². The maximum Gasteiger partial charge on any atom is 0.360 e. The number of aromatic nitrogens is 1. The Labute approximate surface area is 142 Å². The number of nitrogens with zero attached hydrogens (tertiary/aromatic N) is 2. The largest absolute Gasteiger partial charge is 0.464 e. The third kappa shape index (κ3) is 5.53. The molecule has 0 aliphatic carbocycles. The third-order valence-electron chi connectivity index (χ3n) is 3.45. The monoisotopic (exact) mass is 344 g/mol.